The van der Waals surface area contributed by atoms with Crippen LogP contribution in [-0.4, -0.2) is 42.5 Å². The van der Waals surface area contributed by atoms with Crippen LogP contribution in [0.2, 0.25) is 0 Å². The van der Waals surface area contributed by atoms with Crippen LogP contribution in [0.15, 0.2) is 18.2 Å². The molecule has 0 fully saturated rings. The summed E-state index contributed by atoms with van der Waals surface area (Å²) in [6, 6.07) is 4.06. The number of hydrazine groups is 1. The van der Waals surface area contributed by atoms with Crippen molar-refractivity contribution in [2.75, 3.05) is 18.6 Å². The van der Waals surface area contributed by atoms with E-state index in [2.05, 4.69) is 16.2 Å². The van der Waals surface area contributed by atoms with Gasteiger partial charge in [0.1, 0.15) is 11.8 Å². The highest BCUT2D eigenvalue weighted by Crippen LogP contribution is 2.18. The number of hydrogen-bond acceptors (Lipinski definition) is 5. The number of ether oxygens (including phenoxy) is 1. The van der Waals surface area contributed by atoms with Gasteiger partial charge in [0.25, 0.3) is 11.8 Å². The largest absolute Gasteiger partial charge is 0.483 e. The van der Waals surface area contributed by atoms with Crippen molar-refractivity contribution in [1.82, 2.24) is 16.2 Å². The fourth-order valence-electron chi connectivity index (χ4n) is 1.94. The molecule has 4 amide bonds. The Morgan fingerprint density at radius 2 is 1.96 bits per heavy atom. The molecule has 0 aliphatic rings. The first-order valence-electron chi connectivity index (χ1n) is 7.67. The molecule has 1 atom stereocenters. The number of amides is 4. The zero-order valence-corrected chi connectivity index (χ0v) is 15.4. The summed E-state index contributed by atoms with van der Waals surface area (Å²) in [4.78, 5) is 34.8. The highest BCUT2D eigenvalue weighted by molar-refractivity contribution is 7.98. The molecule has 0 aliphatic heterocycles. The van der Waals surface area contributed by atoms with Gasteiger partial charge in [-0.25, -0.2) is 4.79 Å². The second-order valence-electron chi connectivity index (χ2n) is 5.44. The van der Waals surface area contributed by atoms with Crippen LogP contribution in [0.4, 0.5) is 4.79 Å². The maximum atomic E-state index is 12.0. The van der Waals surface area contributed by atoms with Crippen LogP contribution in [0, 0.1) is 13.8 Å². The van der Waals surface area contributed by atoms with E-state index in [0.29, 0.717) is 17.9 Å². The standard InChI is InChI=1S/C16H24N4O4S/c1-10-4-5-11(2)13(8-10)24-9-14(21)19-20-15(22)12(6-7-25-3)18-16(17)23/h4-5,8,12H,6-7,9H2,1-3H3,(H,19,21)(H,20,22)(H3,17,18,23). The lowest BCUT2D eigenvalue weighted by molar-refractivity contribution is -0.130. The number of aryl methyl sites for hydroxylation is 2. The number of hydrogen-bond donors (Lipinski definition) is 4. The number of nitrogens with one attached hydrogen (secondary N) is 3. The topological polar surface area (TPSA) is 123 Å². The molecule has 0 aromatic heterocycles. The molecule has 0 radical (unpaired) electrons. The number of nitrogens with two attached hydrogens (primary N) is 1. The molecule has 5 N–H and O–H groups in total. The van der Waals surface area contributed by atoms with Crippen molar-refractivity contribution >= 4 is 29.6 Å². The minimum atomic E-state index is -0.815. The number of rotatable bonds is 8. The monoisotopic (exact) mass is 368 g/mol. The van der Waals surface area contributed by atoms with Crippen LogP contribution >= 0.6 is 11.8 Å². The summed E-state index contributed by atoms with van der Waals surface area (Å²) in [5.41, 5.74) is 11.5. The van der Waals surface area contributed by atoms with Crippen LogP contribution in [0.25, 0.3) is 0 Å². The Hall–Kier alpha value is -2.42. The molecule has 0 spiro atoms. The van der Waals surface area contributed by atoms with Gasteiger partial charge in [0.2, 0.25) is 0 Å². The first-order valence-corrected chi connectivity index (χ1v) is 9.06. The van der Waals surface area contributed by atoms with E-state index >= 15 is 0 Å². The molecule has 1 aromatic carbocycles. The third-order valence-electron chi connectivity index (χ3n) is 3.27. The first kappa shape index (κ1) is 20.6. The number of urea groups is 1. The van der Waals surface area contributed by atoms with Gasteiger partial charge < -0.3 is 15.8 Å². The minimum absolute atomic E-state index is 0.247. The molecule has 138 valence electrons. The van der Waals surface area contributed by atoms with Crippen LogP contribution in [-0.2, 0) is 9.59 Å². The van der Waals surface area contributed by atoms with Gasteiger partial charge in [0.05, 0.1) is 0 Å². The fourth-order valence-corrected chi connectivity index (χ4v) is 2.41. The average Bonchev–Trinajstić information content (AvgIpc) is 2.56. The van der Waals surface area contributed by atoms with Crippen LogP contribution in [0.3, 0.4) is 0 Å². The van der Waals surface area contributed by atoms with E-state index in [1.54, 1.807) is 0 Å². The average molecular weight is 368 g/mol. The maximum absolute atomic E-state index is 12.0. The zero-order chi connectivity index (χ0) is 18.8. The van der Waals surface area contributed by atoms with Crippen LogP contribution in [0.5, 0.6) is 5.75 Å². The number of carbonyl (C=O) groups is 3. The molecule has 0 saturated carbocycles. The van der Waals surface area contributed by atoms with Gasteiger partial charge in [0, 0.05) is 0 Å². The second kappa shape index (κ2) is 10.4. The minimum Gasteiger partial charge on any atom is -0.483 e. The Morgan fingerprint density at radius 1 is 1.24 bits per heavy atom. The summed E-state index contributed by atoms with van der Waals surface area (Å²) in [6.45, 7) is 3.55. The van der Waals surface area contributed by atoms with E-state index in [9.17, 15) is 14.4 Å². The van der Waals surface area contributed by atoms with E-state index in [-0.39, 0.29) is 6.61 Å². The highest BCUT2D eigenvalue weighted by Gasteiger charge is 2.19. The van der Waals surface area contributed by atoms with Gasteiger partial charge in [0.15, 0.2) is 6.61 Å². The van der Waals surface area contributed by atoms with Crippen molar-refractivity contribution in [3.05, 3.63) is 29.3 Å². The maximum Gasteiger partial charge on any atom is 0.312 e. The zero-order valence-electron chi connectivity index (χ0n) is 14.5. The third kappa shape index (κ3) is 7.79. The second-order valence-corrected chi connectivity index (χ2v) is 6.42. The molecular formula is C16H24N4O4S. The van der Waals surface area contributed by atoms with Crippen LogP contribution < -0.4 is 26.6 Å². The van der Waals surface area contributed by atoms with Gasteiger partial charge in [-0.1, -0.05) is 12.1 Å². The van der Waals surface area contributed by atoms with Gasteiger partial charge in [-0.15, -0.1) is 0 Å². The number of thioether (sulfide) groups is 1. The van der Waals surface area contributed by atoms with E-state index in [1.807, 2.05) is 38.3 Å². The Labute approximate surface area is 151 Å². The molecule has 0 heterocycles. The van der Waals surface area contributed by atoms with E-state index in [0.717, 1.165) is 11.1 Å². The molecule has 0 bridgehead atoms. The van der Waals surface area contributed by atoms with Gasteiger partial charge in [-0.3, -0.25) is 20.4 Å². The lowest BCUT2D eigenvalue weighted by Crippen LogP contribution is -2.54. The van der Waals surface area contributed by atoms with Gasteiger partial charge in [-0.05, 0) is 49.5 Å². The van der Waals surface area contributed by atoms with Gasteiger partial charge in [-0.2, -0.15) is 11.8 Å². The Kier molecular flexibility index (Phi) is 8.62. The number of carbonyl (C=O) groups excluding carboxylic acids is 3. The first-order chi connectivity index (χ1) is 11.8. The molecule has 0 aliphatic carbocycles. The molecule has 1 unspecified atom stereocenters. The predicted molar refractivity (Wildman–Crippen MR) is 97.2 cm³/mol. The van der Waals surface area contributed by atoms with Crippen LogP contribution in [0.1, 0.15) is 17.5 Å². The normalized spacial score (nSPS) is 11.3. The molecule has 1 rings (SSSR count). The summed E-state index contributed by atoms with van der Waals surface area (Å²) < 4.78 is 5.45. The highest BCUT2D eigenvalue weighted by atomic mass is 32.2. The van der Waals surface area contributed by atoms with Crippen molar-refractivity contribution in [1.29, 1.82) is 0 Å². The van der Waals surface area contributed by atoms with Crippen molar-refractivity contribution in [3.63, 3.8) is 0 Å². The number of primary amides is 1. The SMILES string of the molecule is CSCCC(NC(N)=O)C(=O)NNC(=O)COc1cc(C)ccc1C. The summed E-state index contributed by atoms with van der Waals surface area (Å²) in [5, 5.41) is 2.34. The van der Waals surface area contributed by atoms with Crippen molar-refractivity contribution in [3.8, 4) is 5.75 Å². The van der Waals surface area contributed by atoms with E-state index in [1.165, 1.54) is 11.8 Å². The molecule has 1 aromatic rings. The summed E-state index contributed by atoms with van der Waals surface area (Å²) in [5.74, 6) is 0.196. The Bertz CT molecular complexity index is 624. The predicted octanol–water partition coefficient (Wildman–Crippen LogP) is 0.620. The smallest absolute Gasteiger partial charge is 0.312 e. The lowest BCUT2D eigenvalue weighted by atomic mass is 10.1. The Morgan fingerprint density at radius 3 is 2.60 bits per heavy atom. The lowest BCUT2D eigenvalue weighted by Gasteiger charge is -2.17. The third-order valence-corrected chi connectivity index (χ3v) is 3.92. The van der Waals surface area contributed by atoms with E-state index < -0.39 is 23.9 Å². The molecule has 8 nitrogen and oxygen atoms in total. The Balaban J connectivity index is 2.46. The van der Waals surface area contributed by atoms with Crippen molar-refractivity contribution in [2.24, 2.45) is 5.73 Å². The molecule has 25 heavy (non-hydrogen) atoms. The quantitative estimate of drug-likeness (QED) is 0.501. The van der Waals surface area contributed by atoms with E-state index in [4.69, 9.17) is 10.5 Å². The summed E-state index contributed by atoms with van der Waals surface area (Å²) >= 11 is 1.53. The fraction of sp³-hybridized carbons (Fsp3) is 0.438. The van der Waals surface area contributed by atoms with Crippen molar-refractivity contribution in [2.45, 2.75) is 26.3 Å². The molecular weight excluding hydrogens is 344 g/mol. The summed E-state index contributed by atoms with van der Waals surface area (Å²) in [7, 11) is 0. The molecule has 0 saturated heterocycles. The number of benzene rings is 1. The summed E-state index contributed by atoms with van der Waals surface area (Å²) in [6.07, 6.45) is 2.27. The van der Waals surface area contributed by atoms with Crippen molar-refractivity contribution < 1.29 is 19.1 Å². The molecule has 9 heteroatoms. The van der Waals surface area contributed by atoms with Gasteiger partial charge >= 0.3 is 6.03 Å².